The molecule has 0 heterocycles. The van der Waals surface area contributed by atoms with Crippen LogP contribution >= 0.6 is 34.8 Å². The molecular weight excluding hydrogens is 439 g/mol. The number of carbonyl (C=O) groups excluding carboxylic acids is 2. The molecule has 9 heteroatoms. The molecule has 0 saturated heterocycles. The number of aldehydes is 1. The van der Waals surface area contributed by atoms with Crippen molar-refractivity contribution in [2.75, 3.05) is 11.9 Å². The fourth-order valence-corrected chi connectivity index (χ4v) is 2.44. The van der Waals surface area contributed by atoms with Crippen molar-refractivity contribution >= 4 is 59.0 Å². The molecule has 2 N–H and O–H groups in total. The van der Waals surface area contributed by atoms with Gasteiger partial charge in [0, 0.05) is 15.8 Å². The van der Waals surface area contributed by atoms with E-state index in [-0.39, 0.29) is 17.2 Å². The maximum Gasteiger partial charge on any atom is 0.293 e. The molecule has 0 aliphatic rings. The lowest BCUT2D eigenvalue weighted by Crippen LogP contribution is -2.15. The monoisotopic (exact) mass is 456 g/mol. The molecule has 0 unspecified atom stereocenters. The average Bonchev–Trinajstić information content (AvgIpc) is 2.67. The minimum atomic E-state index is 0.0477. The SMILES string of the molecule is CC(=N)/C(C=O)=C(\Nc1ccc(Cl)cc1Cl)Oc1ccc(Cl)cc1.CCOC=O. The van der Waals surface area contributed by atoms with Crippen LogP contribution in [0.25, 0.3) is 0 Å². The first kappa shape index (κ1) is 24.5. The van der Waals surface area contributed by atoms with Crippen LogP contribution in [-0.2, 0) is 14.3 Å². The third kappa shape index (κ3) is 8.56. The second-order valence-corrected chi connectivity index (χ2v) is 6.62. The van der Waals surface area contributed by atoms with E-state index in [1.54, 1.807) is 49.4 Å². The van der Waals surface area contributed by atoms with Gasteiger partial charge in [-0.3, -0.25) is 9.59 Å². The van der Waals surface area contributed by atoms with Crippen molar-refractivity contribution in [3.8, 4) is 5.75 Å². The Morgan fingerprint density at radius 1 is 1.07 bits per heavy atom. The van der Waals surface area contributed by atoms with Crippen LogP contribution in [0.5, 0.6) is 5.75 Å². The molecule has 6 nitrogen and oxygen atoms in total. The predicted octanol–water partition coefficient (Wildman–Crippen LogP) is 5.77. The molecule has 0 aromatic heterocycles. The Bertz CT molecular complexity index is 884. The van der Waals surface area contributed by atoms with Gasteiger partial charge in [-0.05, 0) is 56.3 Å². The van der Waals surface area contributed by atoms with Gasteiger partial charge in [0.2, 0.25) is 5.88 Å². The summed E-state index contributed by atoms with van der Waals surface area (Å²) in [5, 5.41) is 12.1. The summed E-state index contributed by atoms with van der Waals surface area (Å²) >= 11 is 17.9. The molecule has 0 spiro atoms. The lowest BCUT2D eigenvalue weighted by Gasteiger charge is -2.16. The number of ether oxygens (including phenoxy) is 2. The van der Waals surface area contributed by atoms with E-state index in [2.05, 4.69) is 10.1 Å². The standard InChI is InChI=1S/C17H13Cl3N2O2.C3H6O2/c1-10(21)14(9-23)17(24-13-5-2-11(18)3-6-13)22-16-7-4-12(19)8-15(16)20;1-2-5-3-4/h2-9,21-22H,1H3;3H,2H2,1H3/b17-14+,21-10?;. The molecular formula is C20H19Cl3N2O4. The highest BCUT2D eigenvalue weighted by molar-refractivity contribution is 6.36. The summed E-state index contributed by atoms with van der Waals surface area (Å²) < 4.78 is 9.87. The van der Waals surface area contributed by atoms with Gasteiger partial charge in [0.05, 0.1) is 22.9 Å². The van der Waals surface area contributed by atoms with Crippen molar-refractivity contribution in [1.82, 2.24) is 0 Å². The molecule has 2 aromatic rings. The summed E-state index contributed by atoms with van der Waals surface area (Å²) in [6.45, 7) is 4.15. The normalized spacial score (nSPS) is 10.7. The first-order valence-electron chi connectivity index (χ1n) is 8.28. The van der Waals surface area contributed by atoms with Crippen molar-refractivity contribution < 1.29 is 19.1 Å². The highest BCUT2D eigenvalue weighted by Crippen LogP contribution is 2.28. The molecule has 0 amide bonds. The Balaban J connectivity index is 0.000000749. The second kappa shape index (κ2) is 12.8. The van der Waals surface area contributed by atoms with Crippen LogP contribution in [0.1, 0.15) is 13.8 Å². The maximum absolute atomic E-state index is 11.4. The number of rotatable bonds is 8. The second-order valence-electron chi connectivity index (χ2n) is 5.34. The van der Waals surface area contributed by atoms with Crippen molar-refractivity contribution in [3.63, 3.8) is 0 Å². The Morgan fingerprint density at radius 2 is 1.69 bits per heavy atom. The number of nitrogens with one attached hydrogen (secondary N) is 2. The summed E-state index contributed by atoms with van der Waals surface area (Å²) in [5.74, 6) is 0.539. The Morgan fingerprint density at radius 3 is 2.14 bits per heavy atom. The van der Waals surface area contributed by atoms with E-state index in [1.807, 2.05) is 0 Å². The molecule has 0 bridgehead atoms. The van der Waals surface area contributed by atoms with E-state index in [4.69, 9.17) is 44.9 Å². The van der Waals surface area contributed by atoms with Crippen LogP contribution in [0.3, 0.4) is 0 Å². The highest BCUT2D eigenvalue weighted by atomic mass is 35.5. The van der Waals surface area contributed by atoms with E-state index < -0.39 is 0 Å². The third-order valence-corrected chi connectivity index (χ3v) is 4.01. The number of allylic oxidation sites excluding steroid dienone is 1. The van der Waals surface area contributed by atoms with E-state index in [0.717, 1.165) is 0 Å². The first-order chi connectivity index (χ1) is 13.8. The van der Waals surface area contributed by atoms with Gasteiger partial charge in [-0.2, -0.15) is 0 Å². The predicted molar refractivity (Wildman–Crippen MR) is 116 cm³/mol. The zero-order valence-electron chi connectivity index (χ0n) is 15.7. The fraction of sp³-hybridized carbons (Fsp3) is 0.150. The van der Waals surface area contributed by atoms with Crippen LogP contribution in [0.4, 0.5) is 5.69 Å². The van der Waals surface area contributed by atoms with Gasteiger partial charge in [-0.15, -0.1) is 0 Å². The third-order valence-electron chi connectivity index (χ3n) is 3.21. The van der Waals surface area contributed by atoms with Crippen LogP contribution in [-0.4, -0.2) is 25.1 Å². The van der Waals surface area contributed by atoms with Crippen molar-refractivity contribution in [2.24, 2.45) is 0 Å². The topological polar surface area (TPSA) is 88.5 Å². The lowest BCUT2D eigenvalue weighted by atomic mass is 10.2. The molecule has 2 aromatic carbocycles. The number of benzene rings is 2. The molecule has 0 atom stereocenters. The molecule has 154 valence electrons. The first-order valence-corrected chi connectivity index (χ1v) is 9.41. The van der Waals surface area contributed by atoms with Gasteiger partial charge in [0.1, 0.15) is 5.75 Å². The van der Waals surface area contributed by atoms with Crippen LogP contribution in [0.15, 0.2) is 53.9 Å². The molecule has 0 aliphatic heterocycles. The quantitative estimate of drug-likeness (QED) is 0.227. The van der Waals surface area contributed by atoms with E-state index in [0.29, 0.717) is 45.9 Å². The van der Waals surface area contributed by atoms with E-state index >= 15 is 0 Å². The van der Waals surface area contributed by atoms with Gasteiger partial charge in [-0.25, -0.2) is 0 Å². The molecule has 2 rings (SSSR count). The Labute approximate surface area is 183 Å². The molecule has 29 heavy (non-hydrogen) atoms. The minimum Gasteiger partial charge on any atom is -0.468 e. The van der Waals surface area contributed by atoms with Crippen LogP contribution in [0.2, 0.25) is 15.1 Å². The van der Waals surface area contributed by atoms with E-state index in [1.165, 1.54) is 6.92 Å². The Kier molecular flexibility index (Phi) is 10.8. The van der Waals surface area contributed by atoms with Gasteiger partial charge in [0.25, 0.3) is 6.47 Å². The van der Waals surface area contributed by atoms with Gasteiger partial charge in [-0.1, -0.05) is 34.8 Å². The zero-order valence-corrected chi connectivity index (χ0v) is 17.9. The number of halogens is 3. The largest absolute Gasteiger partial charge is 0.468 e. The summed E-state index contributed by atoms with van der Waals surface area (Å²) in [4.78, 5) is 20.6. The van der Waals surface area contributed by atoms with E-state index in [9.17, 15) is 9.59 Å². The lowest BCUT2D eigenvalue weighted by molar-refractivity contribution is -0.128. The summed E-state index contributed by atoms with van der Waals surface area (Å²) in [5.41, 5.74) is 0.605. The zero-order chi connectivity index (χ0) is 21.8. The summed E-state index contributed by atoms with van der Waals surface area (Å²) in [6.07, 6.45) is 0.546. The average molecular weight is 458 g/mol. The molecule has 0 aliphatic carbocycles. The molecule has 0 saturated carbocycles. The maximum atomic E-state index is 11.4. The summed E-state index contributed by atoms with van der Waals surface area (Å²) in [6, 6.07) is 11.5. The van der Waals surface area contributed by atoms with Gasteiger partial charge < -0.3 is 20.2 Å². The van der Waals surface area contributed by atoms with Gasteiger partial charge >= 0.3 is 0 Å². The minimum absolute atomic E-state index is 0.0477. The molecule has 0 fully saturated rings. The van der Waals surface area contributed by atoms with Crippen molar-refractivity contribution in [1.29, 1.82) is 5.41 Å². The van der Waals surface area contributed by atoms with Crippen molar-refractivity contribution in [3.05, 3.63) is 69.0 Å². The fourth-order valence-electron chi connectivity index (χ4n) is 1.86. The number of hydrogen-bond acceptors (Lipinski definition) is 6. The molecule has 0 radical (unpaired) electrons. The highest BCUT2D eigenvalue weighted by Gasteiger charge is 2.14. The number of carbonyl (C=O) groups is 2. The smallest absolute Gasteiger partial charge is 0.293 e. The number of anilines is 1. The van der Waals surface area contributed by atoms with Gasteiger partial charge in [0.15, 0.2) is 6.29 Å². The number of hydrogen-bond donors (Lipinski definition) is 2. The van der Waals surface area contributed by atoms with Crippen LogP contribution < -0.4 is 10.1 Å². The van der Waals surface area contributed by atoms with Crippen LogP contribution in [0, 0.1) is 5.41 Å². The Hall–Kier alpha value is -2.54. The van der Waals surface area contributed by atoms with Crippen molar-refractivity contribution in [2.45, 2.75) is 13.8 Å². The summed E-state index contributed by atoms with van der Waals surface area (Å²) in [7, 11) is 0.